The number of aromatic nitrogens is 1. The molecular weight excluding hydrogens is 535 g/mol. The molecule has 1 aliphatic heterocycles. The van der Waals surface area contributed by atoms with Crippen molar-refractivity contribution in [1.82, 2.24) is 15.5 Å². The van der Waals surface area contributed by atoms with Crippen molar-refractivity contribution in [2.75, 3.05) is 6.54 Å². The Morgan fingerprint density at radius 2 is 1.82 bits per heavy atom. The number of benzene rings is 2. The van der Waals surface area contributed by atoms with Crippen molar-refractivity contribution in [3.05, 3.63) is 104 Å². The molecule has 2 N–H and O–H groups in total. The van der Waals surface area contributed by atoms with Crippen molar-refractivity contribution in [3.63, 3.8) is 0 Å². The maximum absolute atomic E-state index is 14.3. The van der Waals surface area contributed by atoms with Gasteiger partial charge in [0.05, 0.1) is 12.0 Å². The average Bonchev–Trinajstić information content (AvgIpc) is 2.93. The highest BCUT2D eigenvalue weighted by Gasteiger charge is 2.49. The van der Waals surface area contributed by atoms with Gasteiger partial charge in [0, 0.05) is 39.8 Å². The van der Waals surface area contributed by atoms with E-state index in [0.717, 1.165) is 37.0 Å². The Kier molecular flexibility index (Phi) is 8.40. The topological polar surface area (TPSA) is 88.4 Å². The highest BCUT2D eigenvalue weighted by Crippen LogP contribution is 2.47. The molecule has 3 aromatic rings. The smallest absolute Gasteiger partial charge is 0.255 e. The molecule has 2 aromatic carbocycles. The van der Waals surface area contributed by atoms with Crippen molar-refractivity contribution in [2.24, 2.45) is 0 Å². The predicted octanol–water partition coefficient (Wildman–Crippen LogP) is 5.14. The van der Waals surface area contributed by atoms with Crippen LogP contribution in [0.3, 0.4) is 0 Å². The van der Waals surface area contributed by atoms with Gasteiger partial charge in [-0.05, 0) is 54.8 Å². The minimum atomic E-state index is -0.745. The molecule has 1 saturated carbocycles. The van der Waals surface area contributed by atoms with Gasteiger partial charge in [-0.3, -0.25) is 9.59 Å². The number of nitrogens with zero attached hydrogens (tertiary/aromatic N) is 2. The fraction of sp³-hybridized carbons (Fsp3) is 0.367. The molecule has 2 heterocycles. The number of hydrogen-bond donors (Lipinski definition) is 2. The number of hydrogen-bond acceptors (Lipinski definition) is 4. The zero-order chi connectivity index (χ0) is 27.5. The summed E-state index contributed by atoms with van der Waals surface area (Å²) in [6, 6.07) is 16.9. The van der Waals surface area contributed by atoms with Crippen LogP contribution in [0, 0.1) is 5.21 Å². The summed E-state index contributed by atoms with van der Waals surface area (Å²) in [5.74, 6) is -1.14. The van der Waals surface area contributed by atoms with Crippen LogP contribution in [0.25, 0.3) is 0 Å². The van der Waals surface area contributed by atoms with Crippen LogP contribution in [0.1, 0.15) is 71.7 Å². The van der Waals surface area contributed by atoms with Gasteiger partial charge < -0.3 is 20.7 Å². The number of carbonyl (C=O) groups excluding carboxylic acids is 2. The molecule has 0 bridgehead atoms. The highest BCUT2D eigenvalue weighted by atomic mass is 35.5. The van der Waals surface area contributed by atoms with Crippen LogP contribution < -0.4 is 15.4 Å². The molecule has 5 rings (SSSR count). The van der Waals surface area contributed by atoms with Crippen molar-refractivity contribution >= 4 is 35.0 Å². The van der Waals surface area contributed by atoms with E-state index in [-0.39, 0.29) is 30.4 Å². The number of carbonyl (C=O) groups is 2. The lowest BCUT2D eigenvalue weighted by atomic mass is 9.76. The first kappa shape index (κ1) is 27.4. The molecule has 1 aromatic heterocycles. The Hall–Kier alpha value is -3.13. The summed E-state index contributed by atoms with van der Waals surface area (Å²) >= 11 is 13.0. The number of nitrogens with one attached hydrogen (secondary N) is 2. The van der Waals surface area contributed by atoms with Gasteiger partial charge >= 0.3 is 0 Å². The fourth-order valence-corrected chi connectivity index (χ4v) is 6.62. The number of halogens is 2. The van der Waals surface area contributed by atoms with E-state index in [1.807, 2.05) is 29.2 Å². The quantitative estimate of drug-likeness (QED) is 0.306. The van der Waals surface area contributed by atoms with Crippen molar-refractivity contribution < 1.29 is 14.3 Å². The third-order valence-electron chi connectivity index (χ3n) is 7.84. The number of amides is 2. The van der Waals surface area contributed by atoms with Crippen LogP contribution >= 0.6 is 23.2 Å². The van der Waals surface area contributed by atoms with Crippen LogP contribution in [-0.2, 0) is 11.3 Å². The van der Waals surface area contributed by atoms with E-state index < -0.39 is 12.0 Å². The van der Waals surface area contributed by atoms with Crippen LogP contribution in [0.5, 0.6) is 0 Å². The summed E-state index contributed by atoms with van der Waals surface area (Å²) < 4.78 is 0.738. The summed E-state index contributed by atoms with van der Waals surface area (Å²) in [6.07, 6.45) is 5.24. The van der Waals surface area contributed by atoms with E-state index in [1.165, 1.54) is 6.20 Å². The molecule has 39 heavy (non-hydrogen) atoms. The van der Waals surface area contributed by atoms with E-state index in [2.05, 4.69) is 17.6 Å². The second-order valence-electron chi connectivity index (χ2n) is 10.1. The van der Waals surface area contributed by atoms with Gasteiger partial charge in [-0.15, -0.1) is 0 Å². The number of pyridine rings is 1. The summed E-state index contributed by atoms with van der Waals surface area (Å²) in [7, 11) is 0. The molecule has 1 fully saturated rings. The maximum Gasteiger partial charge on any atom is 0.255 e. The molecule has 2 aliphatic rings. The molecule has 0 radical (unpaired) electrons. The second kappa shape index (κ2) is 11.9. The molecular formula is C30H32Cl2N4O3. The average molecular weight is 568 g/mol. The molecule has 7 nitrogen and oxygen atoms in total. The maximum atomic E-state index is 14.3. The van der Waals surface area contributed by atoms with Crippen LogP contribution in [0.2, 0.25) is 10.0 Å². The molecule has 1 aliphatic carbocycles. The summed E-state index contributed by atoms with van der Waals surface area (Å²) in [5, 5.41) is 19.7. The lowest BCUT2D eigenvalue weighted by molar-refractivity contribution is -0.614. The van der Waals surface area contributed by atoms with Crippen molar-refractivity contribution in [3.8, 4) is 0 Å². The fourth-order valence-electron chi connectivity index (χ4n) is 6.10. The van der Waals surface area contributed by atoms with E-state index >= 15 is 0 Å². The normalized spacial score (nSPS) is 22.8. The van der Waals surface area contributed by atoms with Gasteiger partial charge in [0.15, 0.2) is 6.20 Å². The monoisotopic (exact) mass is 566 g/mol. The molecule has 9 heteroatoms. The predicted molar refractivity (Wildman–Crippen MR) is 152 cm³/mol. The first-order valence-electron chi connectivity index (χ1n) is 13.5. The van der Waals surface area contributed by atoms with Crippen LogP contribution in [0.4, 0.5) is 0 Å². The first-order valence-corrected chi connectivity index (χ1v) is 14.2. The Balaban J connectivity index is 1.63. The summed E-state index contributed by atoms with van der Waals surface area (Å²) in [5.41, 5.74) is 2.25. The zero-order valence-corrected chi connectivity index (χ0v) is 23.3. The van der Waals surface area contributed by atoms with E-state index in [0.29, 0.717) is 32.4 Å². The Morgan fingerprint density at radius 1 is 1.05 bits per heavy atom. The van der Waals surface area contributed by atoms with Crippen molar-refractivity contribution in [2.45, 2.75) is 63.2 Å². The molecule has 204 valence electrons. The number of rotatable bonds is 7. The molecule has 0 spiro atoms. The number of fused-ring (bicyclic) bond motifs is 1. The van der Waals surface area contributed by atoms with E-state index in [4.69, 9.17) is 23.2 Å². The van der Waals surface area contributed by atoms with Gasteiger partial charge in [0.25, 0.3) is 5.91 Å². The molecule has 2 amide bonds. The molecule has 4 atom stereocenters. The largest absolute Gasteiger partial charge is 0.618 e. The van der Waals surface area contributed by atoms with Crippen molar-refractivity contribution in [1.29, 1.82) is 0 Å². The SMILES string of the molecule is CCN[C@H]1CCCCC1N1C(=O)c2ccccc2[C@@H](C(=O)NCc2cccc[n+]2[O-])[C@@H]1c1ccc(Cl)cc1Cl. The minimum absolute atomic E-state index is 0.0559. The lowest BCUT2D eigenvalue weighted by Crippen LogP contribution is -2.58. The first-order chi connectivity index (χ1) is 18.9. The van der Waals surface area contributed by atoms with Crippen LogP contribution in [-0.4, -0.2) is 35.3 Å². The number of likely N-dealkylation sites (N-methyl/N-ethyl adjacent to an activating group) is 1. The Morgan fingerprint density at radius 3 is 2.59 bits per heavy atom. The lowest BCUT2D eigenvalue weighted by Gasteiger charge is -2.49. The van der Waals surface area contributed by atoms with Gasteiger partial charge in [-0.25, -0.2) is 0 Å². The van der Waals surface area contributed by atoms with E-state index in [9.17, 15) is 14.8 Å². The van der Waals surface area contributed by atoms with Gasteiger partial charge in [-0.1, -0.05) is 67.2 Å². The molecule has 0 saturated heterocycles. The van der Waals surface area contributed by atoms with Crippen LogP contribution in [0.15, 0.2) is 66.9 Å². The van der Waals surface area contributed by atoms with Gasteiger partial charge in [-0.2, -0.15) is 4.73 Å². The summed E-state index contributed by atoms with van der Waals surface area (Å²) in [4.78, 5) is 30.3. The summed E-state index contributed by atoms with van der Waals surface area (Å²) in [6.45, 7) is 2.90. The highest BCUT2D eigenvalue weighted by molar-refractivity contribution is 6.35. The third kappa shape index (κ3) is 5.49. The zero-order valence-electron chi connectivity index (χ0n) is 21.8. The van der Waals surface area contributed by atoms with Gasteiger partial charge in [0.2, 0.25) is 11.6 Å². The second-order valence-corrected chi connectivity index (χ2v) is 11.0. The minimum Gasteiger partial charge on any atom is -0.618 e. The Labute approximate surface area is 238 Å². The molecule has 1 unspecified atom stereocenters. The third-order valence-corrected chi connectivity index (χ3v) is 8.40. The Bertz CT molecular complexity index is 1370. The van der Waals surface area contributed by atoms with Gasteiger partial charge in [0.1, 0.15) is 6.54 Å². The standard InChI is InChI=1S/C30H32Cl2N4O3/c1-2-33-25-12-5-6-13-26(25)36-28(23-15-14-19(31)17-24(23)32)27(21-10-3-4-11-22(21)30(36)38)29(37)34-18-20-9-7-8-16-35(20)39/h3-4,7-11,14-17,25-28,33H,2,5-6,12-13,18H2,1H3,(H,34,37)/t25-,26?,27+,28-/m0/s1. The van der Waals surface area contributed by atoms with E-state index in [1.54, 1.807) is 36.4 Å².